The van der Waals surface area contributed by atoms with Crippen molar-refractivity contribution in [3.63, 3.8) is 0 Å². The molecule has 0 aliphatic rings. The van der Waals surface area contributed by atoms with Crippen molar-refractivity contribution in [3.8, 4) is 0 Å². The molecule has 0 bridgehead atoms. The van der Waals surface area contributed by atoms with E-state index in [2.05, 4.69) is 5.32 Å². The van der Waals surface area contributed by atoms with Crippen molar-refractivity contribution in [1.82, 2.24) is 0 Å². The molecule has 0 atom stereocenters. The molecule has 2 rings (SSSR count). The fourth-order valence-electron chi connectivity index (χ4n) is 1.77. The number of benzene rings is 2. The van der Waals surface area contributed by atoms with Gasteiger partial charge in [-0.25, -0.2) is 4.39 Å². The summed E-state index contributed by atoms with van der Waals surface area (Å²) in [5, 5.41) is 2.77. The molecule has 0 heterocycles. The highest BCUT2D eigenvalue weighted by molar-refractivity contribution is 6.01. The minimum absolute atomic E-state index is 0.225. The molecule has 0 radical (unpaired) electrons. The molecule has 0 aliphatic carbocycles. The van der Waals surface area contributed by atoms with Crippen LogP contribution in [0.5, 0.6) is 0 Å². The number of nitrogens with one attached hydrogen (secondary N) is 1. The van der Waals surface area contributed by atoms with Gasteiger partial charge in [0.1, 0.15) is 5.82 Å². The number of anilines is 2. The number of amides is 1. The summed E-state index contributed by atoms with van der Waals surface area (Å²) in [4.78, 5) is 13.8. The number of halogens is 1. The third-order valence-electron chi connectivity index (χ3n) is 2.95. The van der Waals surface area contributed by atoms with Gasteiger partial charge in [-0.2, -0.15) is 0 Å². The molecule has 21 heavy (non-hydrogen) atoms. The summed E-state index contributed by atoms with van der Waals surface area (Å²) in [5.74, 6) is -0.519. The van der Waals surface area contributed by atoms with Crippen molar-refractivity contribution in [2.24, 2.45) is 0 Å². The number of rotatable bonds is 4. The summed E-state index contributed by atoms with van der Waals surface area (Å²) < 4.78 is 12.8. The lowest BCUT2D eigenvalue weighted by Crippen LogP contribution is -2.10. The van der Waals surface area contributed by atoms with Gasteiger partial charge >= 0.3 is 0 Å². The van der Waals surface area contributed by atoms with Crippen molar-refractivity contribution in [2.75, 3.05) is 24.3 Å². The van der Waals surface area contributed by atoms with Crippen molar-refractivity contribution in [2.45, 2.75) is 0 Å². The van der Waals surface area contributed by atoms with Gasteiger partial charge in [-0.05, 0) is 48.0 Å². The van der Waals surface area contributed by atoms with Crippen molar-refractivity contribution < 1.29 is 9.18 Å². The Bertz CT molecular complexity index is 631. The van der Waals surface area contributed by atoms with E-state index in [0.29, 0.717) is 0 Å². The molecule has 1 N–H and O–H groups in total. The number of nitrogens with zero attached hydrogens (tertiary/aromatic N) is 1. The molecular formula is C17H17FN2O. The van der Waals surface area contributed by atoms with Crippen LogP contribution < -0.4 is 10.2 Å². The van der Waals surface area contributed by atoms with Gasteiger partial charge in [0, 0.05) is 31.5 Å². The topological polar surface area (TPSA) is 32.3 Å². The monoisotopic (exact) mass is 284 g/mol. The molecule has 4 heteroatoms. The summed E-state index contributed by atoms with van der Waals surface area (Å²) in [7, 11) is 3.91. The number of carbonyl (C=O) groups excluding carboxylic acids is 1. The second kappa shape index (κ2) is 6.70. The highest BCUT2D eigenvalue weighted by Gasteiger charge is 1.99. The molecule has 0 saturated carbocycles. The van der Waals surface area contributed by atoms with E-state index in [1.54, 1.807) is 18.2 Å². The normalized spacial score (nSPS) is 10.6. The van der Waals surface area contributed by atoms with E-state index >= 15 is 0 Å². The number of carbonyl (C=O) groups is 1. The zero-order valence-electron chi connectivity index (χ0n) is 12.0. The number of hydrogen-bond acceptors (Lipinski definition) is 2. The fourth-order valence-corrected chi connectivity index (χ4v) is 1.77. The molecule has 0 aromatic heterocycles. The zero-order valence-corrected chi connectivity index (χ0v) is 12.0. The van der Waals surface area contributed by atoms with Gasteiger partial charge in [0.15, 0.2) is 0 Å². The molecule has 108 valence electrons. The first-order valence-electron chi connectivity index (χ1n) is 6.56. The summed E-state index contributed by atoms with van der Waals surface area (Å²) >= 11 is 0. The van der Waals surface area contributed by atoms with Crippen LogP contribution in [0.4, 0.5) is 15.8 Å². The first kappa shape index (κ1) is 14.8. The van der Waals surface area contributed by atoms with E-state index in [4.69, 9.17) is 0 Å². The molecule has 3 nitrogen and oxygen atoms in total. The molecule has 0 saturated heterocycles. The van der Waals surface area contributed by atoms with E-state index in [0.717, 1.165) is 16.9 Å². The van der Waals surface area contributed by atoms with Gasteiger partial charge < -0.3 is 10.2 Å². The van der Waals surface area contributed by atoms with Crippen molar-refractivity contribution in [3.05, 3.63) is 66.0 Å². The van der Waals surface area contributed by atoms with E-state index in [1.807, 2.05) is 43.3 Å². The SMILES string of the molecule is CN(C)c1ccc(NC(=O)C=Cc2ccc(F)cc2)cc1. The number of hydrogen-bond donors (Lipinski definition) is 1. The van der Waals surface area contributed by atoms with Gasteiger partial charge in [0.05, 0.1) is 0 Å². The Balaban J connectivity index is 1.96. The maximum atomic E-state index is 12.8. The fraction of sp³-hybridized carbons (Fsp3) is 0.118. The third-order valence-corrected chi connectivity index (χ3v) is 2.95. The minimum atomic E-state index is -0.294. The molecular weight excluding hydrogens is 267 g/mol. The predicted octanol–water partition coefficient (Wildman–Crippen LogP) is 3.54. The maximum Gasteiger partial charge on any atom is 0.248 e. The second-order valence-electron chi connectivity index (χ2n) is 4.82. The van der Waals surface area contributed by atoms with Crippen LogP contribution in [0.25, 0.3) is 6.08 Å². The zero-order chi connectivity index (χ0) is 15.2. The molecule has 1 amide bonds. The Morgan fingerprint density at radius 2 is 1.67 bits per heavy atom. The second-order valence-corrected chi connectivity index (χ2v) is 4.82. The molecule has 0 spiro atoms. The summed E-state index contributed by atoms with van der Waals surface area (Å²) in [6.45, 7) is 0. The van der Waals surface area contributed by atoms with E-state index < -0.39 is 0 Å². The Morgan fingerprint density at radius 1 is 1.05 bits per heavy atom. The largest absolute Gasteiger partial charge is 0.378 e. The van der Waals surface area contributed by atoms with Crippen LogP contribution in [0.2, 0.25) is 0 Å². The van der Waals surface area contributed by atoms with Gasteiger partial charge in [-0.3, -0.25) is 4.79 Å². The lowest BCUT2D eigenvalue weighted by atomic mass is 10.2. The van der Waals surface area contributed by atoms with Gasteiger partial charge in [0.25, 0.3) is 0 Å². The molecule has 2 aromatic rings. The Hall–Kier alpha value is -2.62. The predicted molar refractivity (Wildman–Crippen MR) is 84.8 cm³/mol. The molecule has 0 unspecified atom stereocenters. The van der Waals surface area contributed by atoms with Crippen LogP contribution in [0.1, 0.15) is 5.56 Å². The smallest absolute Gasteiger partial charge is 0.248 e. The van der Waals surface area contributed by atoms with Crippen LogP contribution >= 0.6 is 0 Å². The minimum Gasteiger partial charge on any atom is -0.378 e. The Morgan fingerprint density at radius 3 is 2.24 bits per heavy atom. The lowest BCUT2D eigenvalue weighted by molar-refractivity contribution is -0.111. The quantitative estimate of drug-likeness (QED) is 0.871. The Kier molecular flexibility index (Phi) is 4.72. The van der Waals surface area contributed by atoms with Crippen LogP contribution in [0.3, 0.4) is 0 Å². The van der Waals surface area contributed by atoms with Crippen LogP contribution in [-0.2, 0) is 4.79 Å². The van der Waals surface area contributed by atoms with Gasteiger partial charge in [-0.1, -0.05) is 12.1 Å². The maximum absolute atomic E-state index is 12.8. The first-order chi connectivity index (χ1) is 10.0. The molecule has 0 aliphatic heterocycles. The van der Waals surface area contributed by atoms with Crippen LogP contribution in [0, 0.1) is 5.82 Å². The van der Waals surface area contributed by atoms with Gasteiger partial charge in [0.2, 0.25) is 5.91 Å². The average Bonchev–Trinajstić information content (AvgIpc) is 2.47. The highest BCUT2D eigenvalue weighted by atomic mass is 19.1. The van der Waals surface area contributed by atoms with Crippen molar-refractivity contribution in [1.29, 1.82) is 0 Å². The summed E-state index contributed by atoms with van der Waals surface area (Å²) in [6.07, 6.45) is 3.07. The summed E-state index contributed by atoms with van der Waals surface area (Å²) in [6, 6.07) is 13.5. The molecule has 0 fully saturated rings. The van der Waals surface area contributed by atoms with Crippen LogP contribution in [0.15, 0.2) is 54.6 Å². The first-order valence-corrected chi connectivity index (χ1v) is 6.56. The Labute approximate surface area is 123 Å². The van der Waals surface area contributed by atoms with E-state index in [1.165, 1.54) is 18.2 Å². The van der Waals surface area contributed by atoms with E-state index in [9.17, 15) is 9.18 Å². The molecule has 2 aromatic carbocycles. The van der Waals surface area contributed by atoms with E-state index in [-0.39, 0.29) is 11.7 Å². The van der Waals surface area contributed by atoms with Crippen LogP contribution in [-0.4, -0.2) is 20.0 Å². The van der Waals surface area contributed by atoms with Crippen molar-refractivity contribution >= 4 is 23.4 Å². The average molecular weight is 284 g/mol. The highest BCUT2D eigenvalue weighted by Crippen LogP contribution is 2.15. The summed E-state index contributed by atoms with van der Waals surface area (Å²) in [5.41, 5.74) is 2.57. The third kappa shape index (κ3) is 4.45. The standard InChI is InChI=1S/C17H17FN2O/c1-20(2)16-10-8-15(9-11-16)19-17(21)12-5-13-3-6-14(18)7-4-13/h3-12H,1-2H3,(H,19,21). The van der Waals surface area contributed by atoms with Gasteiger partial charge in [-0.15, -0.1) is 0 Å². The lowest BCUT2D eigenvalue weighted by Gasteiger charge is -2.12.